The van der Waals surface area contributed by atoms with Gasteiger partial charge in [0, 0.05) is 35.9 Å². The molecule has 0 saturated carbocycles. The fourth-order valence-corrected chi connectivity index (χ4v) is 3.72. The molecule has 2 heterocycles. The van der Waals surface area contributed by atoms with Gasteiger partial charge in [0.25, 0.3) is 5.91 Å². The number of fused-ring (bicyclic) bond motifs is 1. The number of hydrogen-bond donors (Lipinski definition) is 1. The second kappa shape index (κ2) is 8.55. The zero-order valence-corrected chi connectivity index (χ0v) is 17.4. The van der Waals surface area contributed by atoms with Gasteiger partial charge in [0.15, 0.2) is 5.76 Å². The third-order valence-electron chi connectivity index (χ3n) is 5.33. The molecule has 154 valence electrons. The molecule has 0 radical (unpaired) electrons. The highest BCUT2D eigenvalue weighted by Gasteiger charge is 2.21. The lowest BCUT2D eigenvalue weighted by molar-refractivity contribution is 0.0918. The largest absolute Gasteiger partial charge is 0.451 e. The standard InChI is InChI=1S/C24H25N3O3/c1-16-20(17(2)27(26-16)14-18-9-5-4-6-10-18)13-25-24(28)23-21(15-29-3)19-11-7-8-12-22(19)30-23/h4-12H,13-15H2,1-3H3,(H,25,28). The highest BCUT2D eigenvalue weighted by atomic mass is 16.5. The summed E-state index contributed by atoms with van der Waals surface area (Å²) in [6.45, 7) is 5.39. The van der Waals surface area contributed by atoms with Crippen LogP contribution in [0.4, 0.5) is 0 Å². The van der Waals surface area contributed by atoms with Gasteiger partial charge in [-0.25, -0.2) is 0 Å². The van der Waals surface area contributed by atoms with Crippen LogP contribution >= 0.6 is 0 Å². The highest BCUT2D eigenvalue weighted by Crippen LogP contribution is 2.26. The minimum Gasteiger partial charge on any atom is -0.451 e. The van der Waals surface area contributed by atoms with Crippen LogP contribution in [0.15, 0.2) is 59.0 Å². The van der Waals surface area contributed by atoms with Crippen LogP contribution < -0.4 is 5.32 Å². The smallest absolute Gasteiger partial charge is 0.287 e. The maximum Gasteiger partial charge on any atom is 0.287 e. The molecule has 2 aromatic carbocycles. The summed E-state index contributed by atoms with van der Waals surface area (Å²) in [7, 11) is 1.61. The predicted octanol–water partition coefficient (Wildman–Crippen LogP) is 4.37. The second-order valence-corrected chi connectivity index (χ2v) is 7.31. The number of carbonyl (C=O) groups is 1. The lowest BCUT2D eigenvalue weighted by Gasteiger charge is -2.07. The number of carbonyl (C=O) groups excluding carboxylic acids is 1. The summed E-state index contributed by atoms with van der Waals surface area (Å²) >= 11 is 0. The molecule has 0 atom stereocenters. The fourth-order valence-electron chi connectivity index (χ4n) is 3.72. The number of amides is 1. The molecule has 2 aromatic heterocycles. The summed E-state index contributed by atoms with van der Waals surface area (Å²) < 4.78 is 13.1. The summed E-state index contributed by atoms with van der Waals surface area (Å²) in [6.07, 6.45) is 0. The molecule has 0 saturated heterocycles. The van der Waals surface area contributed by atoms with E-state index in [9.17, 15) is 4.79 Å². The summed E-state index contributed by atoms with van der Waals surface area (Å²) in [5.74, 6) is 0.0397. The molecule has 0 aliphatic rings. The van der Waals surface area contributed by atoms with Crippen LogP contribution in [0.25, 0.3) is 11.0 Å². The highest BCUT2D eigenvalue weighted by molar-refractivity contribution is 5.99. The Hall–Kier alpha value is -3.38. The number of rotatable bonds is 7. The molecule has 1 amide bonds. The average molecular weight is 403 g/mol. The summed E-state index contributed by atoms with van der Waals surface area (Å²) in [5, 5.41) is 8.55. The molecular formula is C24H25N3O3. The van der Waals surface area contributed by atoms with Crippen molar-refractivity contribution in [3.05, 3.63) is 88.4 Å². The third-order valence-corrected chi connectivity index (χ3v) is 5.33. The predicted molar refractivity (Wildman–Crippen MR) is 115 cm³/mol. The molecule has 30 heavy (non-hydrogen) atoms. The van der Waals surface area contributed by atoms with Gasteiger partial charge in [-0.1, -0.05) is 48.5 Å². The molecule has 4 aromatic rings. The SMILES string of the molecule is COCc1c(C(=O)NCc2c(C)nn(Cc3ccccc3)c2C)oc2ccccc12. The van der Waals surface area contributed by atoms with E-state index in [0.29, 0.717) is 31.0 Å². The van der Waals surface area contributed by atoms with Crippen LogP contribution in [0.1, 0.15) is 38.6 Å². The zero-order valence-electron chi connectivity index (χ0n) is 17.4. The minimum absolute atomic E-state index is 0.257. The van der Waals surface area contributed by atoms with Crippen molar-refractivity contribution in [2.75, 3.05) is 7.11 Å². The lowest BCUT2D eigenvalue weighted by Crippen LogP contribution is -2.24. The number of para-hydroxylation sites is 1. The van der Waals surface area contributed by atoms with Gasteiger partial charge in [-0.15, -0.1) is 0 Å². The van der Waals surface area contributed by atoms with Gasteiger partial charge in [0.05, 0.1) is 18.8 Å². The molecule has 0 unspecified atom stereocenters. The number of nitrogens with one attached hydrogen (secondary N) is 1. The Kier molecular flexibility index (Phi) is 5.68. The Morgan fingerprint density at radius 2 is 1.80 bits per heavy atom. The number of aryl methyl sites for hydroxylation is 1. The Bertz CT molecular complexity index is 1180. The number of aromatic nitrogens is 2. The van der Waals surface area contributed by atoms with Crippen molar-refractivity contribution in [1.82, 2.24) is 15.1 Å². The van der Waals surface area contributed by atoms with Crippen molar-refractivity contribution < 1.29 is 13.9 Å². The molecule has 1 N–H and O–H groups in total. The van der Waals surface area contributed by atoms with Crippen LogP contribution in [0.5, 0.6) is 0 Å². The van der Waals surface area contributed by atoms with Crippen LogP contribution in [-0.4, -0.2) is 22.8 Å². The Labute approximate surface area is 175 Å². The first-order valence-electron chi connectivity index (χ1n) is 9.92. The number of furan rings is 1. The molecule has 0 spiro atoms. The molecule has 4 rings (SSSR count). The average Bonchev–Trinajstić information content (AvgIpc) is 3.25. The van der Waals surface area contributed by atoms with E-state index >= 15 is 0 Å². The maximum absolute atomic E-state index is 12.9. The summed E-state index contributed by atoms with van der Waals surface area (Å²) in [5.41, 5.74) is 5.59. The molecule has 0 bridgehead atoms. The van der Waals surface area contributed by atoms with Crippen molar-refractivity contribution in [2.45, 2.75) is 33.5 Å². The topological polar surface area (TPSA) is 69.3 Å². The van der Waals surface area contributed by atoms with Gasteiger partial charge in [0.1, 0.15) is 5.58 Å². The summed E-state index contributed by atoms with van der Waals surface area (Å²) in [6, 6.07) is 17.8. The van der Waals surface area contributed by atoms with Gasteiger partial charge in [0.2, 0.25) is 0 Å². The van der Waals surface area contributed by atoms with Gasteiger partial charge in [-0.3, -0.25) is 9.48 Å². The lowest BCUT2D eigenvalue weighted by atomic mass is 10.1. The second-order valence-electron chi connectivity index (χ2n) is 7.31. The van der Waals surface area contributed by atoms with Gasteiger partial charge < -0.3 is 14.5 Å². The molecule has 6 nitrogen and oxygen atoms in total. The first-order chi connectivity index (χ1) is 14.6. The maximum atomic E-state index is 12.9. The molecule has 0 aliphatic carbocycles. The van der Waals surface area contributed by atoms with Crippen LogP contribution in [0.2, 0.25) is 0 Å². The normalized spacial score (nSPS) is 11.2. The first-order valence-corrected chi connectivity index (χ1v) is 9.92. The number of hydrogen-bond acceptors (Lipinski definition) is 4. The molecule has 6 heteroatoms. The number of benzene rings is 2. The monoisotopic (exact) mass is 403 g/mol. The fraction of sp³-hybridized carbons (Fsp3) is 0.250. The van der Waals surface area contributed by atoms with Crippen molar-refractivity contribution in [2.24, 2.45) is 0 Å². The minimum atomic E-state index is -0.257. The molecule has 0 aliphatic heterocycles. The zero-order chi connectivity index (χ0) is 21.1. The van der Waals surface area contributed by atoms with E-state index in [-0.39, 0.29) is 5.91 Å². The van der Waals surface area contributed by atoms with E-state index in [0.717, 1.165) is 27.9 Å². The number of nitrogens with zero attached hydrogens (tertiary/aromatic N) is 2. The van der Waals surface area contributed by atoms with Crippen molar-refractivity contribution in [3.8, 4) is 0 Å². The van der Waals surface area contributed by atoms with Crippen molar-refractivity contribution >= 4 is 16.9 Å². The first kappa shape index (κ1) is 19.9. The quantitative estimate of drug-likeness (QED) is 0.497. The van der Waals surface area contributed by atoms with Gasteiger partial charge >= 0.3 is 0 Å². The van der Waals surface area contributed by atoms with Crippen LogP contribution in [-0.2, 0) is 24.4 Å². The molecule has 0 fully saturated rings. The van der Waals surface area contributed by atoms with E-state index in [2.05, 4.69) is 22.5 Å². The van der Waals surface area contributed by atoms with Crippen LogP contribution in [0, 0.1) is 13.8 Å². The van der Waals surface area contributed by atoms with Gasteiger partial charge in [-0.05, 0) is 25.5 Å². The third kappa shape index (κ3) is 3.86. The Balaban J connectivity index is 1.53. The molecular weight excluding hydrogens is 378 g/mol. The van der Waals surface area contributed by atoms with E-state index in [1.165, 1.54) is 5.56 Å². The van der Waals surface area contributed by atoms with Crippen molar-refractivity contribution in [3.63, 3.8) is 0 Å². The number of ether oxygens (including phenoxy) is 1. The van der Waals surface area contributed by atoms with Gasteiger partial charge in [-0.2, -0.15) is 5.10 Å². The Morgan fingerprint density at radius 1 is 1.07 bits per heavy atom. The van der Waals surface area contributed by atoms with E-state index in [1.54, 1.807) is 7.11 Å². The van der Waals surface area contributed by atoms with Crippen molar-refractivity contribution in [1.29, 1.82) is 0 Å². The van der Waals surface area contributed by atoms with E-state index in [1.807, 2.05) is 61.0 Å². The number of methoxy groups -OCH3 is 1. The van der Waals surface area contributed by atoms with E-state index in [4.69, 9.17) is 9.15 Å². The summed E-state index contributed by atoms with van der Waals surface area (Å²) in [4.78, 5) is 12.9. The van der Waals surface area contributed by atoms with E-state index < -0.39 is 0 Å². The Morgan fingerprint density at radius 3 is 2.57 bits per heavy atom. The van der Waals surface area contributed by atoms with Crippen LogP contribution in [0.3, 0.4) is 0 Å².